The molecule has 2 aromatic rings. The highest BCUT2D eigenvalue weighted by molar-refractivity contribution is 5.65. The van der Waals surface area contributed by atoms with Crippen molar-refractivity contribution < 1.29 is 13.2 Å². The molecular weight excluding hydrogens is 407 g/mol. The summed E-state index contributed by atoms with van der Waals surface area (Å²) in [6, 6.07) is 11.9. The molecule has 170 valence electrons. The first-order valence-electron chi connectivity index (χ1n) is 11.8. The second kappa shape index (κ2) is 12.5. The average molecular weight is 440 g/mol. The lowest BCUT2D eigenvalue weighted by atomic mass is 9.78. The van der Waals surface area contributed by atoms with Gasteiger partial charge in [-0.2, -0.15) is 5.26 Å². The number of rotatable bonds is 10. The quantitative estimate of drug-likeness (QED) is 0.270. The van der Waals surface area contributed by atoms with Crippen LogP contribution in [0, 0.1) is 34.8 Å². The first-order valence-corrected chi connectivity index (χ1v) is 11.8. The minimum Gasteiger partial charge on any atom is -0.251 e. The predicted molar refractivity (Wildman–Crippen MR) is 124 cm³/mol. The molecule has 1 fully saturated rings. The van der Waals surface area contributed by atoms with Gasteiger partial charge in [0.15, 0.2) is 0 Å². The second-order valence-electron chi connectivity index (χ2n) is 8.93. The topological polar surface area (TPSA) is 23.8 Å². The van der Waals surface area contributed by atoms with E-state index in [0.717, 1.165) is 30.2 Å². The van der Waals surface area contributed by atoms with E-state index in [1.807, 2.05) is 30.3 Å². The molecule has 0 aromatic heterocycles. The Labute approximate surface area is 190 Å². The van der Waals surface area contributed by atoms with E-state index in [-0.39, 0.29) is 6.67 Å². The Bertz CT molecular complexity index is 896. The summed E-state index contributed by atoms with van der Waals surface area (Å²) in [4.78, 5) is 0. The molecule has 0 spiro atoms. The standard InChI is InChI=1S/C28H32F3N/c29-17-5-3-1-2-4-6-21-7-9-22(10-8-21)11-12-23-13-15-24(16-14-23)25-18-27(30)26(20-32)28(31)19-25/h1,3,13-16,18-19,21-22H,2,4-12,17H2/b3-1+/t21-,22-. The van der Waals surface area contributed by atoms with Gasteiger partial charge in [-0.15, -0.1) is 0 Å². The van der Waals surface area contributed by atoms with E-state index < -0.39 is 17.2 Å². The van der Waals surface area contributed by atoms with E-state index in [0.29, 0.717) is 12.0 Å². The van der Waals surface area contributed by atoms with Gasteiger partial charge in [0.05, 0.1) is 6.67 Å². The summed E-state index contributed by atoms with van der Waals surface area (Å²) in [7, 11) is 0. The largest absolute Gasteiger partial charge is 0.251 e. The van der Waals surface area contributed by atoms with E-state index in [1.54, 1.807) is 6.07 Å². The molecule has 4 heteroatoms. The average Bonchev–Trinajstić information content (AvgIpc) is 2.81. The summed E-state index contributed by atoms with van der Waals surface area (Å²) >= 11 is 0. The zero-order chi connectivity index (χ0) is 22.8. The number of hydrogen-bond acceptors (Lipinski definition) is 1. The van der Waals surface area contributed by atoms with E-state index in [4.69, 9.17) is 5.26 Å². The third-order valence-corrected chi connectivity index (χ3v) is 6.67. The SMILES string of the molecule is N#Cc1c(F)cc(-c2ccc(CC[C@H]3CC[C@H](CCC/C=C/CCF)CC3)cc2)cc1F. The number of nitriles is 1. The van der Waals surface area contributed by atoms with Crippen molar-refractivity contribution in [3.05, 3.63) is 71.3 Å². The van der Waals surface area contributed by atoms with Crippen LogP contribution in [-0.2, 0) is 6.42 Å². The maximum Gasteiger partial charge on any atom is 0.144 e. The summed E-state index contributed by atoms with van der Waals surface area (Å²) in [5.41, 5.74) is 1.90. The zero-order valence-corrected chi connectivity index (χ0v) is 18.6. The molecule has 0 N–H and O–H groups in total. The lowest BCUT2D eigenvalue weighted by Gasteiger charge is -2.28. The minimum absolute atomic E-state index is 0.262. The smallest absolute Gasteiger partial charge is 0.144 e. The van der Waals surface area contributed by atoms with Gasteiger partial charge < -0.3 is 0 Å². The number of hydrogen-bond donors (Lipinski definition) is 0. The number of nitrogens with zero attached hydrogens (tertiary/aromatic N) is 1. The van der Waals surface area contributed by atoms with Crippen molar-refractivity contribution in [3.63, 3.8) is 0 Å². The molecule has 0 unspecified atom stereocenters. The summed E-state index contributed by atoms with van der Waals surface area (Å²) in [5.74, 6) is -0.0312. The molecule has 0 saturated heterocycles. The van der Waals surface area contributed by atoms with Crippen molar-refractivity contribution >= 4 is 0 Å². The van der Waals surface area contributed by atoms with Crippen molar-refractivity contribution in [2.45, 2.75) is 64.2 Å². The van der Waals surface area contributed by atoms with Crippen LogP contribution in [0.15, 0.2) is 48.6 Å². The third kappa shape index (κ3) is 6.99. The van der Waals surface area contributed by atoms with Crippen LogP contribution in [-0.4, -0.2) is 6.67 Å². The number of aryl methyl sites for hydroxylation is 1. The highest BCUT2D eigenvalue weighted by Crippen LogP contribution is 2.34. The van der Waals surface area contributed by atoms with E-state index >= 15 is 0 Å². The molecule has 1 saturated carbocycles. The molecule has 32 heavy (non-hydrogen) atoms. The van der Waals surface area contributed by atoms with Crippen LogP contribution in [0.1, 0.15) is 68.9 Å². The predicted octanol–water partition coefficient (Wildman–Crippen LogP) is 8.33. The first-order chi connectivity index (χ1) is 15.6. The van der Waals surface area contributed by atoms with Crippen molar-refractivity contribution in [1.82, 2.24) is 0 Å². The summed E-state index contributed by atoms with van der Waals surface area (Å²) in [6.07, 6.45) is 15.6. The van der Waals surface area contributed by atoms with E-state index in [2.05, 4.69) is 6.08 Å². The molecular formula is C28H32F3N. The zero-order valence-electron chi connectivity index (χ0n) is 18.6. The van der Waals surface area contributed by atoms with E-state index in [1.165, 1.54) is 62.6 Å². The fourth-order valence-corrected chi connectivity index (χ4v) is 4.71. The Hall–Kier alpha value is -2.54. The number of unbranched alkanes of at least 4 members (excludes halogenated alkanes) is 1. The molecule has 1 nitrogen and oxygen atoms in total. The molecule has 1 aliphatic carbocycles. The van der Waals surface area contributed by atoms with Crippen LogP contribution in [0.3, 0.4) is 0 Å². The van der Waals surface area contributed by atoms with Crippen molar-refractivity contribution in [3.8, 4) is 17.2 Å². The molecule has 3 rings (SSSR count). The summed E-state index contributed by atoms with van der Waals surface area (Å²) < 4.78 is 39.8. The molecule has 1 aliphatic rings. The first kappa shape index (κ1) is 24.1. The van der Waals surface area contributed by atoms with Crippen LogP contribution in [0.25, 0.3) is 11.1 Å². The summed E-state index contributed by atoms with van der Waals surface area (Å²) in [6.45, 7) is -0.262. The van der Waals surface area contributed by atoms with Gasteiger partial charge in [-0.25, -0.2) is 8.78 Å². The van der Waals surface area contributed by atoms with Gasteiger partial charge in [0.25, 0.3) is 0 Å². The second-order valence-corrected chi connectivity index (χ2v) is 8.93. The van der Waals surface area contributed by atoms with Gasteiger partial charge in [0, 0.05) is 0 Å². The van der Waals surface area contributed by atoms with Crippen LogP contribution in [0.4, 0.5) is 13.2 Å². The van der Waals surface area contributed by atoms with Gasteiger partial charge in [0.1, 0.15) is 23.3 Å². The number of benzene rings is 2. The number of allylic oxidation sites excluding steroid dienone is 2. The van der Waals surface area contributed by atoms with Gasteiger partial charge in [-0.1, -0.05) is 68.5 Å². The Balaban J connectivity index is 1.41. The van der Waals surface area contributed by atoms with Gasteiger partial charge in [-0.3, -0.25) is 4.39 Å². The molecule has 0 aliphatic heterocycles. The molecule has 0 bridgehead atoms. The highest BCUT2D eigenvalue weighted by Gasteiger charge is 2.20. The fourth-order valence-electron chi connectivity index (χ4n) is 4.71. The van der Waals surface area contributed by atoms with Crippen LogP contribution in [0.5, 0.6) is 0 Å². The maximum atomic E-state index is 13.9. The monoisotopic (exact) mass is 439 g/mol. The minimum atomic E-state index is -0.824. The maximum absolute atomic E-state index is 13.9. The Morgan fingerprint density at radius 1 is 0.844 bits per heavy atom. The molecule has 2 aromatic carbocycles. The molecule has 0 radical (unpaired) electrons. The van der Waals surface area contributed by atoms with Gasteiger partial charge in [0.2, 0.25) is 0 Å². The number of halogens is 3. The Morgan fingerprint density at radius 3 is 2.03 bits per heavy atom. The molecule has 0 amide bonds. The number of alkyl halides is 1. The Morgan fingerprint density at radius 2 is 1.44 bits per heavy atom. The molecule has 0 heterocycles. The van der Waals surface area contributed by atoms with Crippen LogP contribution in [0.2, 0.25) is 0 Å². The van der Waals surface area contributed by atoms with Gasteiger partial charge in [-0.05, 0) is 72.8 Å². The van der Waals surface area contributed by atoms with Crippen LogP contribution < -0.4 is 0 Å². The van der Waals surface area contributed by atoms with Crippen molar-refractivity contribution in [2.75, 3.05) is 6.67 Å². The summed E-state index contributed by atoms with van der Waals surface area (Å²) in [5, 5.41) is 8.81. The Kier molecular flexibility index (Phi) is 9.41. The van der Waals surface area contributed by atoms with E-state index in [9.17, 15) is 13.2 Å². The molecule has 0 atom stereocenters. The lowest BCUT2D eigenvalue weighted by molar-refractivity contribution is 0.250. The lowest BCUT2D eigenvalue weighted by Crippen LogP contribution is -2.15. The third-order valence-electron chi connectivity index (χ3n) is 6.67. The highest BCUT2D eigenvalue weighted by atomic mass is 19.1. The van der Waals surface area contributed by atoms with Crippen LogP contribution >= 0.6 is 0 Å². The van der Waals surface area contributed by atoms with Crippen molar-refractivity contribution in [1.29, 1.82) is 5.26 Å². The van der Waals surface area contributed by atoms with Gasteiger partial charge >= 0.3 is 0 Å². The fraction of sp³-hybridized carbons (Fsp3) is 0.464. The van der Waals surface area contributed by atoms with Crippen molar-refractivity contribution in [2.24, 2.45) is 11.8 Å². The normalized spacial score (nSPS) is 18.7.